The molecule has 0 aromatic carbocycles. The van der Waals surface area contributed by atoms with Gasteiger partial charge < -0.3 is 0 Å². The Morgan fingerprint density at radius 2 is 2.27 bits per heavy atom. The van der Waals surface area contributed by atoms with Crippen LogP contribution >= 0.6 is 0 Å². The standard InChI is InChI=1S/C7H11N3O/c1-5(2)7(11)10-4-8-6(3)9-10/h4-5H,1-3H3. The summed E-state index contributed by atoms with van der Waals surface area (Å²) in [6.07, 6.45) is 1.44. The summed E-state index contributed by atoms with van der Waals surface area (Å²) in [6.45, 7) is 5.42. The van der Waals surface area contributed by atoms with Gasteiger partial charge >= 0.3 is 0 Å². The molecule has 0 saturated carbocycles. The molecular formula is C7H11N3O. The van der Waals surface area contributed by atoms with Gasteiger partial charge in [-0.25, -0.2) is 4.98 Å². The van der Waals surface area contributed by atoms with E-state index in [1.807, 2.05) is 13.8 Å². The highest BCUT2D eigenvalue weighted by atomic mass is 16.2. The van der Waals surface area contributed by atoms with Crippen molar-refractivity contribution in [3.8, 4) is 0 Å². The molecule has 4 heteroatoms. The highest BCUT2D eigenvalue weighted by molar-refractivity contribution is 5.79. The van der Waals surface area contributed by atoms with Crippen LogP contribution in [0, 0.1) is 12.8 Å². The van der Waals surface area contributed by atoms with Gasteiger partial charge in [0.05, 0.1) is 0 Å². The summed E-state index contributed by atoms with van der Waals surface area (Å²) in [4.78, 5) is 15.1. The average molecular weight is 153 g/mol. The minimum Gasteiger partial charge on any atom is -0.272 e. The molecule has 0 aliphatic heterocycles. The Morgan fingerprint density at radius 3 is 2.64 bits per heavy atom. The second-order valence-corrected chi connectivity index (χ2v) is 2.73. The molecule has 0 spiro atoms. The van der Waals surface area contributed by atoms with Crippen LogP contribution in [0.25, 0.3) is 0 Å². The first-order valence-corrected chi connectivity index (χ1v) is 3.53. The summed E-state index contributed by atoms with van der Waals surface area (Å²) < 4.78 is 1.28. The largest absolute Gasteiger partial charge is 0.272 e. The number of aromatic nitrogens is 3. The van der Waals surface area contributed by atoms with Gasteiger partial charge in [0.1, 0.15) is 12.2 Å². The van der Waals surface area contributed by atoms with Crippen molar-refractivity contribution in [2.24, 2.45) is 5.92 Å². The fourth-order valence-corrected chi connectivity index (χ4v) is 0.717. The SMILES string of the molecule is Cc1ncn(C(=O)C(C)C)n1. The Labute approximate surface area is 65.2 Å². The summed E-state index contributed by atoms with van der Waals surface area (Å²) in [5.41, 5.74) is 0. The Morgan fingerprint density at radius 1 is 1.64 bits per heavy atom. The smallest absolute Gasteiger partial charge is 0.250 e. The second kappa shape index (κ2) is 2.82. The van der Waals surface area contributed by atoms with Crippen LogP contribution in [0.5, 0.6) is 0 Å². The second-order valence-electron chi connectivity index (χ2n) is 2.73. The summed E-state index contributed by atoms with van der Waals surface area (Å²) >= 11 is 0. The molecule has 0 atom stereocenters. The lowest BCUT2D eigenvalue weighted by molar-refractivity contribution is 0.0837. The van der Waals surface area contributed by atoms with Gasteiger partial charge in [0.15, 0.2) is 0 Å². The van der Waals surface area contributed by atoms with E-state index in [1.165, 1.54) is 11.0 Å². The van der Waals surface area contributed by atoms with Gasteiger partial charge in [-0.3, -0.25) is 4.79 Å². The third-order valence-electron chi connectivity index (χ3n) is 1.33. The van der Waals surface area contributed by atoms with Crippen molar-refractivity contribution in [2.75, 3.05) is 0 Å². The molecule has 1 aromatic heterocycles. The van der Waals surface area contributed by atoms with Crippen molar-refractivity contribution in [1.82, 2.24) is 14.8 Å². The van der Waals surface area contributed by atoms with Gasteiger partial charge in [-0.2, -0.15) is 4.68 Å². The molecule has 0 aliphatic carbocycles. The van der Waals surface area contributed by atoms with Crippen LogP contribution in [0.3, 0.4) is 0 Å². The number of carbonyl (C=O) groups is 1. The van der Waals surface area contributed by atoms with Gasteiger partial charge in [-0.05, 0) is 6.92 Å². The minimum absolute atomic E-state index is 0.0226. The average Bonchev–Trinajstić information content (AvgIpc) is 2.34. The Kier molecular flexibility index (Phi) is 2.03. The molecule has 0 bridgehead atoms. The van der Waals surface area contributed by atoms with Crippen molar-refractivity contribution in [3.63, 3.8) is 0 Å². The number of hydrogen-bond acceptors (Lipinski definition) is 3. The quantitative estimate of drug-likeness (QED) is 0.601. The maximum absolute atomic E-state index is 11.2. The molecule has 0 saturated heterocycles. The van der Waals surface area contributed by atoms with Crippen LogP contribution < -0.4 is 0 Å². The Balaban J connectivity index is 2.85. The summed E-state index contributed by atoms with van der Waals surface area (Å²) in [5, 5.41) is 3.89. The van der Waals surface area contributed by atoms with E-state index < -0.39 is 0 Å². The lowest BCUT2D eigenvalue weighted by Gasteiger charge is -2.00. The lowest BCUT2D eigenvalue weighted by Crippen LogP contribution is -2.17. The molecule has 11 heavy (non-hydrogen) atoms. The molecule has 0 unspecified atom stereocenters. The van der Waals surface area contributed by atoms with Gasteiger partial charge in [-0.1, -0.05) is 13.8 Å². The molecule has 0 aliphatic rings. The van der Waals surface area contributed by atoms with Crippen molar-refractivity contribution in [2.45, 2.75) is 20.8 Å². The zero-order chi connectivity index (χ0) is 8.43. The molecule has 0 fully saturated rings. The van der Waals surface area contributed by atoms with Crippen molar-refractivity contribution in [1.29, 1.82) is 0 Å². The van der Waals surface area contributed by atoms with Crippen molar-refractivity contribution >= 4 is 5.91 Å². The zero-order valence-corrected chi connectivity index (χ0v) is 6.90. The molecule has 60 valence electrons. The molecule has 1 aromatic rings. The number of carbonyl (C=O) groups excluding carboxylic acids is 1. The van der Waals surface area contributed by atoms with Crippen molar-refractivity contribution in [3.05, 3.63) is 12.2 Å². The maximum Gasteiger partial charge on any atom is 0.250 e. The van der Waals surface area contributed by atoms with Gasteiger partial charge in [0.25, 0.3) is 5.91 Å². The fourth-order valence-electron chi connectivity index (χ4n) is 0.717. The molecule has 0 N–H and O–H groups in total. The van der Waals surface area contributed by atoms with E-state index in [2.05, 4.69) is 10.1 Å². The third-order valence-corrected chi connectivity index (χ3v) is 1.33. The maximum atomic E-state index is 11.2. The lowest BCUT2D eigenvalue weighted by atomic mass is 10.2. The van der Waals surface area contributed by atoms with Crippen LogP contribution in [-0.2, 0) is 0 Å². The fraction of sp³-hybridized carbons (Fsp3) is 0.571. The van der Waals surface area contributed by atoms with Crippen molar-refractivity contribution < 1.29 is 4.79 Å². The van der Waals surface area contributed by atoms with E-state index in [4.69, 9.17) is 0 Å². The predicted octanol–water partition coefficient (Wildman–Crippen LogP) is 0.883. The van der Waals surface area contributed by atoms with E-state index in [9.17, 15) is 4.79 Å². The molecule has 1 heterocycles. The van der Waals surface area contributed by atoms with E-state index in [-0.39, 0.29) is 11.8 Å². The summed E-state index contributed by atoms with van der Waals surface area (Å²) in [5.74, 6) is 0.570. The van der Waals surface area contributed by atoms with E-state index in [1.54, 1.807) is 6.92 Å². The van der Waals surface area contributed by atoms with E-state index >= 15 is 0 Å². The first kappa shape index (κ1) is 7.91. The Hall–Kier alpha value is -1.19. The first-order chi connectivity index (χ1) is 5.11. The molecular weight excluding hydrogens is 142 g/mol. The zero-order valence-electron chi connectivity index (χ0n) is 6.90. The highest BCUT2D eigenvalue weighted by Crippen LogP contribution is 1.97. The monoisotopic (exact) mass is 153 g/mol. The molecule has 0 amide bonds. The number of aryl methyl sites for hydroxylation is 1. The number of hydrogen-bond donors (Lipinski definition) is 0. The van der Waals surface area contributed by atoms with Crippen LogP contribution in [-0.4, -0.2) is 20.7 Å². The first-order valence-electron chi connectivity index (χ1n) is 3.53. The van der Waals surface area contributed by atoms with Crippen LogP contribution in [0.15, 0.2) is 6.33 Å². The minimum atomic E-state index is -0.0314. The molecule has 0 radical (unpaired) electrons. The van der Waals surface area contributed by atoms with E-state index in [0.29, 0.717) is 5.82 Å². The topological polar surface area (TPSA) is 47.8 Å². The van der Waals surface area contributed by atoms with Crippen LogP contribution in [0.2, 0.25) is 0 Å². The Bertz CT molecular complexity index is 264. The summed E-state index contributed by atoms with van der Waals surface area (Å²) in [7, 11) is 0. The highest BCUT2D eigenvalue weighted by Gasteiger charge is 2.10. The molecule has 4 nitrogen and oxygen atoms in total. The van der Waals surface area contributed by atoms with Gasteiger partial charge in [0.2, 0.25) is 0 Å². The van der Waals surface area contributed by atoms with E-state index in [0.717, 1.165) is 0 Å². The number of rotatable bonds is 1. The van der Waals surface area contributed by atoms with Crippen LogP contribution in [0.4, 0.5) is 0 Å². The predicted molar refractivity (Wildman–Crippen MR) is 40.2 cm³/mol. The van der Waals surface area contributed by atoms with Gasteiger partial charge in [-0.15, -0.1) is 5.10 Å². The summed E-state index contributed by atoms with van der Waals surface area (Å²) in [6, 6.07) is 0. The van der Waals surface area contributed by atoms with Gasteiger partial charge in [0, 0.05) is 5.92 Å². The van der Waals surface area contributed by atoms with Crippen LogP contribution in [0.1, 0.15) is 24.5 Å². The number of nitrogens with zero attached hydrogens (tertiary/aromatic N) is 3. The molecule has 1 rings (SSSR count). The third kappa shape index (κ3) is 1.63. The normalized spacial score (nSPS) is 10.5.